The van der Waals surface area contributed by atoms with E-state index in [-0.39, 0.29) is 18.8 Å². The number of hydrogen-bond donors (Lipinski definition) is 8. The maximum atomic E-state index is 13.0. The van der Waals surface area contributed by atoms with Crippen molar-refractivity contribution in [2.45, 2.75) is 83.0 Å². The summed E-state index contributed by atoms with van der Waals surface area (Å²) in [5.41, 5.74) is 16.5. The van der Waals surface area contributed by atoms with Crippen molar-refractivity contribution in [1.29, 1.82) is 0 Å². The van der Waals surface area contributed by atoms with E-state index in [4.69, 9.17) is 22.3 Å². The lowest BCUT2D eigenvalue weighted by atomic mass is 9.96. The number of carboxylic acids is 1. The van der Waals surface area contributed by atoms with Crippen LogP contribution in [0.1, 0.15) is 58.8 Å². The Bertz CT molecular complexity index is 620. The molecule has 0 saturated heterocycles. The third-order valence-corrected chi connectivity index (χ3v) is 5.47. The van der Waals surface area contributed by atoms with Crippen molar-refractivity contribution in [3.8, 4) is 0 Å². The largest absolute Gasteiger partial charge is 0.480 e. The van der Waals surface area contributed by atoms with E-state index in [1.54, 1.807) is 6.92 Å². The number of hydrogen-bond acceptors (Lipinski definition) is 8. The highest BCUT2D eigenvalue weighted by atomic mass is 16.4. The molecule has 0 aliphatic heterocycles. The fourth-order valence-electron chi connectivity index (χ4n) is 3.09. The van der Waals surface area contributed by atoms with Crippen molar-refractivity contribution in [3.63, 3.8) is 0 Å². The zero-order valence-corrected chi connectivity index (χ0v) is 19.7. The number of carbonyl (C=O) groups excluding carboxylic acids is 3. The van der Waals surface area contributed by atoms with Crippen LogP contribution in [-0.2, 0) is 19.2 Å². The monoisotopic (exact) mass is 474 g/mol. The molecule has 0 aromatic rings. The third-order valence-electron chi connectivity index (χ3n) is 5.47. The normalized spacial score (nSPS) is 15.6. The SMILES string of the molecule is CCC(C)C(NC(=O)C(CCCCN)NC(=O)C(N)CO)C(=O)NC(CCCCN)C(=O)O. The number of rotatable bonds is 18. The first-order chi connectivity index (χ1) is 15.6. The molecule has 0 heterocycles. The fraction of sp³-hybridized carbons (Fsp3) is 0.810. The van der Waals surface area contributed by atoms with Gasteiger partial charge >= 0.3 is 5.97 Å². The van der Waals surface area contributed by atoms with E-state index in [2.05, 4.69) is 16.0 Å². The molecule has 5 atom stereocenters. The maximum Gasteiger partial charge on any atom is 0.326 e. The van der Waals surface area contributed by atoms with Crippen molar-refractivity contribution >= 4 is 23.7 Å². The minimum Gasteiger partial charge on any atom is -0.480 e. The van der Waals surface area contributed by atoms with Crippen LogP contribution in [0.25, 0.3) is 0 Å². The summed E-state index contributed by atoms with van der Waals surface area (Å²) in [4.78, 5) is 49.6. The lowest BCUT2D eigenvalue weighted by Crippen LogP contribution is -2.58. The number of aliphatic hydroxyl groups excluding tert-OH is 1. The summed E-state index contributed by atoms with van der Waals surface area (Å²) in [7, 11) is 0. The Morgan fingerprint density at radius 3 is 1.79 bits per heavy atom. The van der Waals surface area contributed by atoms with E-state index in [9.17, 15) is 24.3 Å². The first kappa shape index (κ1) is 30.7. The van der Waals surface area contributed by atoms with Gasteiger partial charge in [0.05, 0.1) is 6.61 Å². The van der Waals surface area contributed by atoms with Crippen molar-refractivity contribution < 1.29 is 29.4 Å². The zero-order chi connectivity index (χ0) is 25.4. The van der Waals surface area contributed by atoms with Crippen LogP contribution >= 0.6 is 0 Å². The standard InChI is InChI=1S/C21H42N6O6/c1-3-13(2)17(20(31)26-16(21(32)33)9-5-7-11-23)27-19(30)15(8-4-6-10-22)25-18(29)14(24)12-28/h13-17,28H,3-12,22-24H2,1-2H3,(H,25,29)(H,26,31)(H,27,30)(H,32,33). The van der Waals surface area contributed by atoms with Crippen LogP contribution in [0.15, 0.2) is 0 Å². The van der Waals surface area contributed by atoms with Gasteiger partial charge in [-0.15, -0.1) is 0 Å². The lowest BCUT2D eigenvalue weighted by molar-refractivity contribution is -0.143. The minimum absolute atomic E-state index is 0.219. The molecule has 0 saturated carbocycles. The first-order valence-electron chi connectivity index (χ1n) is 11.5. The molecule has 0 spiro atoms. The maximum absolute atomic E-state index is 13.0. The predicted molar refractivity (Wildman–Crippen MR) is 124 cm³/mol. The van der Waals surface area contributed by atoms with E-state index in [0.29, 0.717) is 45.2 Å². The average molecular weight is 475 g/mol. The van der Waals surface area contributed by atoms with E-state index >= 15 is 0 Å². The summed E-state index contributed by atoms with van der Waals surface area (Å²) >= 11 is 0. The number of nitrogens with two attached hydrogens (primary N) is 3. The molecule has 0 aromatic carbocycles. The summed E-state index contributed by atoms with van der Waals surface area (Å²) in [5.74, 6) is -3.37. The van der Waals surface area contributed by atoms with Crippen LogP contribution in [0, 0.1) is 5.92 Å². The first-order valence-corrected chi connectivity index (χ1v) is 11.5. The summed E-state index contributed by atoms with van der Waals surface area (Å²) in [5, 5.41) is 26.2. The van der Waals surface area contributed by atoms with E-state index in [1.807, 2.05) is 6.92 Å². The number of carbonyl (C=O) groups is 4. The highest BCUT2D eigenvalue weighted by molar-refractivity contribution is 5.94. The number of nitrogens with one attached hydrogen (secondary N) is 3. The molecule has 0 radical (unpaired) electrons. The third kappa shape index (κ3) is 11.9. The number of carboxylic acid groups (broad SMARTS) is 1. The molecule has 3 amide bonds. The van der Waals surface area contributed by atoms with Crippen molar-refractivity contribution in [3.05, 3.63) is 0 Å². The Morgan fingerprint density at radius 1 is 0.818 bits per heavy atom. The Balaban J connectivity index is 5.44. The van der Waals surface area contributed by atoms with Gasteiger partial charge in [0.25, 0.3) is 0 Å². The second-order valence-electron chi connectivity index (χ2n) is 8.19. The summed E-state index contributed by atoms with van der Waals surface area (Å²) in [6.07, 6.45) is 3.37. The van der Waals surface area contributed by atoms with Crippen LogP contribution in [0.4, 0.5) is 0 Å². The predicted octanol–water partition coefficient (Wildman–Crippen LogP) is -1.85. The van der Waals surface area contributed by atoms with Crippen molar-refractivity contribution in [2.75, 3.05) is 19.7 Å². The Morgan fingerprint density at radius 2 is 1.33 bits per heavy atom. The van der Waals surface area contributed by atoms with Crippen molar-refractivity contribution in [1.82, 2.24) is 16.0 Å². The number of amides is 3. The molecule has 5 unspecified atom stereocenters. The van der Waals surface area contributed by atoms with Gasteiger partial charge in [-0.25, -0.2) is 4.79 Å². The summed E-state index contributed by atoms with van der Waals surface area (Å²) < 4.78 is 0. The smallest absolute Gasteiger partial charge is 0.326 e. The number of aliphatic hydroxyl groups is 1. The molecule has 33 heavy (non-hydrogen) atoms. The van der Waals surface area contributed by atoms with Gasteiger partial charge in [-0.05, 0) is 57.5 Å². The molecule has 0 bridgehead atoms. The van der Waals surface area contributed by atoms with Gasteiger partial charge < -0.3 is 43.4 Å². The molecule has 0 aromatic heterocycles. The van der Waals surface area contributed by atoms with E-state index < -0.39 is 54.5 Å². The van der Waals surface area contributed by atoms with Crippen LogP contribution in [-0.4, -0.2) is 77.8 Å². The summed E-state index contributed by atoms with van der Waals surface area (Å²) in [6, 6.07) is -4.27. The van der Waals surface area contributed by atoms with Gasteiger partial charge in [-0.2, -0.15) is 0 Å². The summed E-state index contributed by atoms with van der Waals surface area (Å²) in [6.45, 7) is 3.86. The lowest BCUT2D eigenvalue weighted by Gasteiger charge is -2.28. The van der Waals surface area contributed by atoms with Gasteiger partial charge in [0.2, 0.25) is 17.7 Å². The van der Waals surface area contributed by atoms with Crippen LogP contribution in [0.3, 0.4) is 0 Å². The van der Waals surface area contributed by atoms with Gasteiger partial charge in [0.15, 0.2) is 0 Å². The van der Waals surface area contributed by atoms with Gasteiger partial charge in [0, 0.05) is 0 Å². The number of unbranched alkanes of at least 4 members (excludes halogenated alkanes) is 2. The van der Waals surface area contributed by atoms with Gasteiger partial charge in [0.1, 0.15) is 24.2 Å². The average Bonchev–Trinajstić information content (AvgIpc) is 2.79. The van der Waals surface area contributed by atoms with Crippen molar-refractivity contribution in [2.24, 2.45) is 23.1 Å². The van der Waals surface area contributed by atoms with Crippen LogP contribution < -0.4 is 33.2 Å². The quantitative estimate of drug-likeness (QED) is 0.104. The Kier molecular flexibility index (Phi) is 16.0. The molecule has 192 valence electrons. The van der Waals surface area contributed by atoms with Gasteiger partial charge in [-0.1, -0.05) is 20.3 Å². The molecule has 12 heteroatoms. The van der Waals surface area contributed by atoms with Gasteiger partial charge in [-0.3, -0.25) is 14.4 Å². The van der Waals surface area contributed by atoms with E-state index in [0.717, 1.165) is 0 Å². The van der Waals surface area contributed by atoms with E-state index in [1.165, 1.54) is 0 Å². The molecule has 0 fully saturated rings. The molecule has 11 N–H and O–H groups in total. The Hall–Kier alpha value is -2.28. The Labute approximate surface area is 195 Å². The molecule has 0 rings (SSSR count). The molecular weight excluding hydrogens is 432 g/mol. The molecular formula is C21H42N6O6. The van der Waals surface area contributed by atoms with Crippen LogP contribution in [0.5, 0.6) is 0 Å². The highest BCUT2D eigenvalue weighted by Gasteiger charge is 2.32. The zero-order valence-electron chi connectivity index (χ0n) is 19.7. The number of aliphatic carboxylic acids is 1. The minimum atomic E-state index is -1.19. The second kappa shape index (κ2) is 17.2. The second-order valence-corrected chi connectivity index (χ2v) is 8.19. The highest BCUT2D eigenvalue weighted by Crippen LogP contribution is 2.11. The molecule has 0 aliphatic rings. The molecule has 0 aliphatic carbocycles. The van der Waals surface area contributed by atoms with Crippen LogP contribution in [0.2, 0.25) is 0 Å². The fourth-order valence-corrected chi connectivity index (χ4v) is 3.09. The topological polar surface area (TPSA) is 223 Å². The molecule has 12 nitrogen and oxygen atoms in total.